The molecule has 190 valence electrons. The number of nitro groups is 2. The predicted molar refractivity (Wildman–Crippen MR) is 135 cm³/mol. The molecule has 0 saturated carbocycles. The zero-order chi connectivity index (χ0) is 26.2. The van der Waals surface area contributed by atoms with Crippen LogP contribution in [0.3, 0.4) is 0 Å². The van der Waals surface area contributed by atoms with Crippen molar-refractivity contribution in [1.29, 1.82) is 0 Å². The van der Waals surface area contributed by atoms with Gasteiger partial charge in [-0.2, -0.15) is 10.2 Å². The molecule has 0 bridgehead atoms. The van der Waals surface area contributed by atoms with Crippen LogP contribution >= 0.6 is 0 Å². The maximum Gasteiger partial charge on any atom is 0.270 e. The van der Waals surface area contributed by atoms with Gasteiger partial charge in [0, 0.05) is 48.2 Å². The minimum absolute atomic E-state index is 0.0440. The Bertz CT molecular complexity index is 1030. The van der Waals surface area contributed by atoms with Crippen molar-refractivity contribution in [3.05, 3.63) is 79.9 Å². The molecule has 0 aliphatic rings. The van der Waals surface area contributed by atoms with Crippen molar-refractivity contribution in [1.82, 2.24) is 10.9 Å². The quantitative estimate of drug-likeness (QED) is 0.162. The lowest BCUT2D eigenvalue weighted by molar-refractivity contribution is -0.385. The molecule has 0 unspecified atom stereocenters. The molecule has 0 fully saturated rings. The minimum Gasteiger partial charge on any atom is -0.273 e. The molecule has 2 amide bonds. The molecule has 0 radical (unpaired) electrons. The van der Waals surface area contributed by atoms with Crippen molar-refractivity contribution in [3.8, 4) is 0 Å². The highest BCUT2D eigenvalue weighted by Gasteiger charge is 2.06. The Balaban J connectivity index is 1.49. The van der Waals surface area contributed by atoms with Crippen LogP contribution in [0, 0.1) is 20.2 Å². The molecule has 2 aromatic rings. The third-order valence-corrected chi connectivity index (χ3v) is 5.03. The second-order valence-electron chi connectivity index (χ2n) is 7.91. The van der Waals surface area contributed by atoms with Crippen LogP contribution in [0.15, 0.2) is 58.7 Å². The fourth-order valence-electron chi connectivity index (χ4n) is 3.18. The van der Waals surface area contributed by atoms with E-state index >= 15 is 0 Å². The van der Waals surface area contributed by atoms with Gasteiger partial charge in [0.15, 0.2) is 0 Å². The predicted octanol–water partition coefficient (Wildman–Crippen LogP) is 4.22. The van der Waals surface area contributed by atoms with Crippen molar-refractivity contribution < 1.29 is 19.4 Å². The number of carbonyl (C=O) groups is 2. The highest BCUT2D eigenvalue weighted by molar-refractivity contribution is 5.83. The summed E-state index contributed by atoms with van der Waals surface area (Å²) in [7, 11) is 0. The van der Waals surface area contributed by atoms with E-state index in [0.717, 1.165) is 25.7 Å². The summed E-state index contributed by atoms with van der Waals surface area (Å²) in [6.07, 6.45) is 8.45. The van der Waals surface area contributed by atoms with Crippen LogP contribution in [0.4, 0.5) is 11.4 Å². The van der Waals surface area contributed by atoms with E-state index < -0.39 is 9.85 Å². The molecule has 0 saturated heterocycles. The Morgan fingerprint density at radius 3 is 1.47 bits per heavy atom. The molecule has 2 aromatic carbocycles. The topological polar surface area (TPSA) is 169 Å². The molecule has 0 aromatic heterocycles. The van der Waals surface area contributed by atoms with Crippen LogP contribution in [-0.4, -0.2) is 34.1 Å². The number of nitro benzene ring substituents is 2. The van der Waals surface area contributed by atoms with E-state index in [4.69, 9.17) is 0 Å². The molecule has 0 heterocycles. The second-order valence-corrected chi connectivity index (χ2v) is 7.91. The molecular formula is C24H28N6O6. The number of non-ortho nitro benzene ring substituents is 2. The fourth-order valence-corrected chi connectivity index (χ4v) is 3.18. The van der Waals surface area contributed by atoms with Crippen LogP contribution in [-0.2, 0) is 9.59 Å². The molecule has 12 heteroatoms. The lowest BCUT2D eigenvalue weighted by Crippen LogP contribution is -2.17. The lowest BCUT2D eigenvalue weighted by Gasteiger charge is -2.02. The average molecular weight is 497 g/mol. The third kappa shape index (κ3) is 11.1. The zero-order valence-electron chi connectivity index (χ0n) is 19.7. The molecule has 0 atom stereocenters. The second kappa shape index (κ2) is 15.4. The van der Waals surface area contributed by atoms with Gasteiger partial charge in [0.25, 0.3) is 11.4 Å². The summed E-state index contributed by atoms with van der Waals surface area (Å²) in [6.45, 7) is 0. The fraction of sp³-hybridized carbons (Fsp3) is 0.333. The molecule has 0 spiro atoms. The minimum atomic E-state index is -0.495. The van der Waals surface area contributed by atoms with Gasteiger partial charge in [-0.3, -0.25) is 29.8 Å². The SMILES string of the molecule is O=C(CCCCCCCCC(=O)N/N=C\c1cccc([N+](=O)[O-])c1)N/N=C\c1cccc([N+](=O)[O-])c1. The first kappa shape index (κ1) is 27.8. The van der Waals surface area contributed by atoms with E-state index in [9.17, 15) is 29.8 Å². The standard InChI is InChI=1S/C24H28N6O6/c31-23(27-25-17-19-9-7-11-21(15-19)29(33)34)13-5-3-1-2-4-6-14-24(32)28-26-18-20-10-8-12-22(16-20)30(35)36/h7-12,15-18H,1-6,13-14H2,(H,27,31)(H,28,32)/b25-17-,26-18-. The highest BCUT2D eigenvalue weighted by atomic mass is 16.6. The van der Waals surface area contributed by atoms with Gasteiger partial charge in [-0.1, -0.05) is 49.9 Å². The number of benzene rings is 2. The Kier molecular flexibility index (Phi) is 11.9. The van der Waals surface area contributed by atoms with E-state index in [1.807, 2.05) is 0 Å². The number of amides is 2. The lowest BCUT2D eigenvalue weighted by atomic mass is 10.1. The van der Waals surface area contributed by atoms with Crippen LogP contribution in [0.1, 0.15) is 62.5 Å². The zero-order valence-corrected chi connectivity index (χ0v) is 19.7. The molecule has 2 rings (SSSR count). The molecule has 0 aliphatic heterocycles. The summed E-state index contributed by atoms with van der Waals surface area (Å²) in [5.41, 5.74) is 5.78. The Morgan fingerprint density at radius 2 is 1.08 bits per heavy atom. The monoisotopic (exact) mass is 496 g/mol. The maximum absolute atomic E-state index is 11.8. The summed E-state index contributed by atoms with van der Waals surface area (Å²) in [5.74, 6) is -0.446. The van der Waals surface area contributed by atoms with E-state index in [0.29, 0.717) is 36.8 Å². The number of unbranched alkanes of at least 4 members (excludes halogenated alkanes) is 5. The Labute approximate surface area is 207 Å². The Hall–Kier alpha value is -4.48. The van der Waals surface area contributed by atoms with Crippen molar-refractivity contribution in [3.63, 3.8) is 0 Å². The molecule has 12 nitrogen and oxygen atoms in total. The smallest absolute Gasteiger partial charge is 0.270 e. The van der Waals surface area contributed by atoms with E-state index in [1.54, 1.807) is 24.3 Å². The highest BCUT2D eigenvalue weighted by Crippen LogP contribution is 2.12. The first-order chi connectivity index (χ1) is 17.3. The van der Waals surface area contributed by atoms with E-state index in [1.165, 1.54) is 36.7 Å². The first-order valence-electron chi connectivity index (χ1n) is 11.5. The van der Waals surface area contributed by atoms with Gasteiger partial charge in [-0.15, -0.1) is 0 Å². The van der Waals surface area contributed by atoms with Gasteiger partial charge in [-0.25, -0.2) is 10.9 Å². The summed E-state index contributed by atoms with van der Waals surface area (Å²) in [4.78, 5) is 44.2. The van der Waals surface area contributed by atoms with Gasteiger partial charge < -0.3 is 0 Å². The van der Waals surface area contributed by atoms with Gasteiger partial charge in [0.2, 0.25) is 11.8 Å². The van der Waals surface area contributed by atoms with Crippen molar-refractivity contribution >= 4 is 35.6 Å². The van der Waals surface area contributed by atoms with Crippen LogP contribution in [0.5, 0.6) is 0 Å². The van der Waals surface area contributed by atoms with E-state index in [2.05, 4.69) is 21.1 Å². The largest absolute Gasteiger partial charge is 0.273 e. The number of rotatable bonds is 15. The van der Waals surface area contributed by atoms with Crippen molar-refractivity contribution in [2.45, 2.75) is 51.4 Å². The van der Waals surface area contributed by atoms with Crippen molar-refractivity contribution in [2.24, 2.45) is 10.2 Å². The first-order valence-corrected chi connectivity index (χ1v) is 11.5. The van der Waals surface area contributed by atoms with Gasteiger partial charge in [0.1, 0.15) is 0 Å². The molecular weight excluding hydrogens is 468 g/mol. The van der Waals surface area contributed by atoms with Crippen LogP contribution in [0.2, 0.25) is 0 Å². The summed E-state index contributed by atoms with van der Waals surface area (Å²) in [5, 5.41) is 29.2. The molecule has 0 aliphatic carbocycles. The van der Waals surface area contributed by atoms with Crippen molar-refractivity contribution in [2.75, 3.05) is 0 Å². The number of nitrogens with zero attached hydrogens (tertiary/aromatic N) is 4. The molecule has 2 N–H and O–H groups in total. The number of carbonyl (C=O) groups excluding carboxylic acids is 2. The van der Waals surface area contributed by atoms with Gasteiger partial charge in [-0.05, 0) is 12.8 Å². The van der Waals surface area contributed by atoms with E-state index in [-0.39, 0.29) is 23.2 Å². The number of nitrogens with one attached hydrogen (secondary N) is 2. The van der Waals surface area contributed by atoms with Crippen LogP contribution in [0.25, 0.3) is 0 Å². The third-order valence-electron chi connectivity index (χ3n) is 5.03. The summed E-state index contributed by atoms with van der Waals surface area (Å²) < 4.78 is 0. The average Bonchev–Trinajstić information content (AvgIpc) is 2.86. The number of hydrogen-bond donors (Lipinski definition) is 2. The summed E-state index contributed by atoms with van der Waals surface area (Å²) in [6, 6.07) is 11.9. The number of hydrogen-bond acceptors (Lipinski definition) is 8. The van der Waals surface area contributed by atoms with Gasteiger partial charge in [0.05, 0.1) is 22.3 Å². The summed E-state index contributed by atoms with van der Waals surface area (Å²) >= 11 is 0. The number of hydrazone groups is 2. The Morgan fingerprint density at radius 1 is 0.694 bits per heavy atom. The van der Waals surface area contributed by atoms with Gasteiger partial charge >= 0.3 is 0 Å². The molecule has 36 heavy (non-hydrogen) atoms. The maximum atomic E-state index is 11.8. The normalized spacial score (nSPS) is 11.0. The van der Waals surface area contributed by atoms with Crippen LogP contribution < -0.4 is 10.9 Å².